The number of benzene rings is 1. The molecule has 0 aliphatic carbocycles. The topological polar surface area (TPSA) is 62.3 Å². The summed E-state index contributed by atoms with van der Waals surface area (Å²) < 4.78 is 5.49. The van der Waals surface area contributed by atoms with Gasteiger partial charge in [-0.2, -0.15) is 5.26 Å². The number of para-hydroxylation sites is 1. The second-order valence-corrected chi connectivity index (χ2v) is 4.32. The van der Waals surface area contributed by atoms with Crippen molar-refractivity contribution in [2.24, 2.45) is 0 Å². The Bertz CT molecular complexity index is 424. The molecule has 0 aliphatic rings. The van der Waals surface area contributed by atoms with Gasteiger partial charge in [0.2, 0.25) is 0 Å². The van der Waals surface area contributed by atoms with Gasteiger partial charge in [0.25, 0.3) is 0 Å². The molecule has 0 aromatic heterocycles. The van der Waals surface area contributed by atoms with Gasteiger partial charge in [0.1, 0.15) is 5.75 Å². The van der Waals surface area contributed by atoms with E-state index >= 15 is 0 Å². The van der Waals surface area contributed by atoms with Crippen LogP contribution in [-0.2, 0) is 0 Å². The number of nitrogens with two attached hydrogens (primary N) is 1. The first kappa shape index (κ1) is 14.2. The minimum atomic E-state index is 0.289. The van der Waals surface area contributed by atoms with Crippen molar-refractivity contribution in [2.75, 3.05) is 23.8 Å². The maximum absolute atomic E-state index is 8.72. The highest BCUT2D eigenvalue weighted by Gasteiger charge is 2.15. The molecule has 0 radical (unpaired) electrons. The average Bonchev–Trinajstić information content (AvgIpc) is 2.34. The molecular weight excluding hydrogens is 226 g/mol. The first-order valence-electron chi connectivity index (χ1n) is 6.26. The van der Waals surface area contributed by atoms with Crippen LogP contribution in [0.25, 0.3) is 0 Å². The summed E-state index contributed by atoms with van der Waals surface area (Å²) in [6.45, 7) is 7.37. The van der Waals surface area contributed by atoms with Crippen molar-refractivity contribution in [1.29, 1.82) is 5.26 Å². The van der Waals surface area contributed by atoms with Crippen molar-refractivity contribution in [1.82, 2.24) is 0 Å². The monoisotopic (exact) mass is 247 g/mol. The number of hydrogen-bond acceptors (Lipinski definition) is 4. The van der Waals surface area contributed by atoms with Gasteiger partial charge < -0.3 is 15.4 Å². The maximum Gasteiger partial charge on any atom is 0.144 e. The fourth-order valence-corrected chi connectivity index (χ4v) is 1.89. The molecule has 1 aromatic rings. The molecule has 4 nitrogen and oxygen atoms in total. The summed E-state index contributed by atoms with van der Waals surface area (Å²) in [5, 5.41) is 8.72. The molecule has 98 valence electrons. The SMILES string of the molecule is CCOc1cccc(N(CCC#N)C(C)C)c1N. The summed E-state index contributed by atoms with van der Waals surface area (Å²) >= 11 is 0. The van der Waals surface area contributed by atoms with Gasteiger partial charge in [-0.15, -0.1) is 0 Å². The molecule has 4 heteroatoms. The lowest BCUT2D eigenvalue weighted by Gasteiger charge is -2.29. The number of ether oxygens (including phenoxy) is 1. The Morgan fingerprint density at radius 3 is 2.72 bits per heavy atom. The van der Waals surface area contributed by atoms with Gasteiger partial charge in [-0.3, -0.25) is 0 Å². The standard InChI is InChI=1S/C14H21N3O/c1-4-18-13-8-5-7-12(14(13)16)17(11(2)3)10-6-9-15/h5,7-8,11H,4,6,10,16H2,1-3H3. The molecule has 0 spiro atoms. The van der Waals surface area contributed by atoms with Gasteiger partial charge in [-0.25, -0.2) is 0 Å². The maximum atomic E-state index is 8.72. The number of anilines is 2. The van der Waals surface area contributed by atoms with Crippen LogP contribution in [0, 0.1) is 11.3 Å². The number of nitrogen functional groups attached to an aromatic ring is 1. The van der Waals surface area contributed by atoms with E-state index in [0.717, 1.165) is 5.69 Å². The summed E-state index contributed by atoms with van der Waals surface area (Å²) in [6.07, 6.45) is 0.483. The number of nitrogens with zero attached hydrogens (tertiary/aromatic N) is 2. The molecule has 0 saturated carbocycles. The van der Waals surface area contributed by atoms with Crippen molar-refractivity contribution < 1.29 is 4.74 Å². The third-order valence-electron chi connectivity index (χ3n) is 2.74. The molecule has 0 bridgehead atoms. The van der Waals surface area contributed by atoms with Crippen molar-refractivity contribution in [3.63, 3.8) is 0 Å². The Morgan fingerprint density at radius 2 is 2.17 bits per heavy atom. The van der Waals surface area contributed by atoms with E-state index in [2.05, 4.69) is 24.8 Å². The smallest absolute Gasteiger partial charge is 0.144 e. The Hall–Kier alpha value is -1.89. The quantitative estimate of drug-likeness (QED) is 0.785. The third-order valence-corrected chi connectivity index (χ3v) is 2.74. The minimum absolute atomic E-state index is 0.289. The predicted octanol–water partition coefficient (Wildman–Crippen LogP) is 2.80. The lowest BCUT2D eigenvalue weighted by molar-refractivity contribution is 0.342. The number of rotatable bonds is 6. The molecule has 0 heterocycles. The van der Waals surface area contributed by atoms with E-state index in [9.17, 15) is 0 Å². The molecular formula is C14H21N3O. The summed E-state index contributed by atoms with van der Waals surface area (Å²) in [4.78, 5) is 2.13. The highest BCUT2D eigenvalue weighted by molar-refractivity contribution is 5.74. The summed E-state index contributed by atoms with van der Waals surface area (Å²) in [7, 11) is 0. The van der Waals surface area contributed by atoms with Gasteiger partial charge in [0, 0.05) is 12.6 Å². The summed E-state index contributed by atoms with van der Waals surface area (Å²) in [5.74, 6) is 0.706. The fraction of sp³-hybridized carbons (Fsp3) is 0.500. The molecule has 0 amide bonds. The van der Waals surface area contributed by atoms with Crippen LogP contribution in [0.4, 0.5) is 11.4 Å². The Kier molecular flexibility index (Phi) is 5.31. The Morgan fingerprint density at radius 1 is 1.44 bits per heavy atom. The van der Waals surface area contributed by atoms with E-state index in [0.29, 0.717) is 31.0 Å². The zero-order chi connectivity index (χ0) is 13.5. The lowest BCUT2D eigenvalue weighted by Crippen LogP contribution is -2.32. The third kappa shape index (κ3) is 3.30. The summed E-state index contributed by atoms with van der Waals surface area (Å²) in [5.41, 5.74) is 7.71. The Labute approximate surface area is 109 Å². The molecule has 0 fully saturated rings. The van der Waals surface area contributed by atoms with Crippen molar-refractivity contribution in [2.45, 2.75) is 33.2 Å². The van der Waals surface area contributed by atoms with Crippen LogP contribution in [0.3, 0.4) is 0 Å². The van der Waals surface area contributed by atoms with Crippen molar-refractivity contribution in [3.05, 3.63) is 18.2 Å². The average molecular weight is 247 g/mol. The van der Waals surface area contributed by atoms with Crippen LogP contribution in [0.1, 0.15) is 27.2 Å². The van der Waals surface area contributed by atoms with E-state index < -0.39 is 0 Å². The fourth-order valence-electron chi connectivity index (χ4n) is 1.89. The normalized spacial score (nSPS) is 10.2. The largest absolute Gasteiger partial charge is 0.492 e. The van der Waals surface area contributed by atoms with Gasteiger partial charge in [-0.05, 0) is 32.9 Å². The highest BCUT2D eigenvalue weighted by atomic mass is 16.5. The van der Waals surface area contributed by atoms with Gasteiger partial charge in [-0.1, -0.05) is 6.07 Å². The molecule has 0 aliphatic heterocycles. The zero-order valence-corrected chi connectivity index (χ0v) is 11.3. The molecule has 18 heavy (non-hydrogen) atoms. The second-order valence-electron chi connectivity index (χ2n) is 4.32. The zero-order valence-electron chi connectivity index (χ0n) is 11.3. The molecule has 0 atom stereocenters. The van der Waals surface area contributed by atoms with Crippen LogP contribution in [0.2, 0.25) is 0 Å². The Balaban J connectivity index is 3.04. The van der Waals surface area contributed by atoms with Gasteiger partial charge in [0.15, 0.2) is 0 Å². The van der Waals surface area contributed by atoms with Crippen molar-refractivity contribution in [3.8, 4) is 11.8 Å². The molecule has 1 rings (SSSR count). The summed E-state index contributed by atoms with van der Waals surface area (Å²) in [6, 6.07) is 8.22. The first-order chi connectivity index (χ1) is 8.61. The highest BCUT2D eigenvalue weighted by Crippen LogP contribution is 2.33. The van der Waals surface area contributed by atoms with E-state index in [1.165, 1.54) is 0 Å². The van der Waals surface area contributed by atoms with Crippen LogP contribution in [0.15, 0.2) is 18.2 Å². The minimum Gasteiger partial charge on any atom is -0.492 e. The predicted molar refractivity (Wildman–Crippen MR) is 74.7 cm³/mol. The molecule has 0 unspecified atom stereocenters. The van der Waals surface area contributed by atoms with Gasteiger partial charge >= 0.3 is 0 Å². The number of hydrogen-bond donors (Lipinski definition) is 1. The van der Waals surface area contributed by atoms with E-state index in [1.54, 1.807) is 0 Å². The van der Waals surface area contributed by atoms with Crippen LogP contribution >= 0.6 is 0 Å². The molecule has 2 N–H and O–H groups in total. The van der Waals surface area contributed by atoms with E-state index in [1.807, 2.05) is 25.1 Å². The van der Waals surface area contributed by atoms with Crippen LogP contribution in [-0.4, -0.2) is 19.2 Å². The second kappa shape index (κ2) is 6.75. The lowest BCUT2D eigenvalue weighted by atomic mass is 10.2. The first-order valence-corrected chi connectivity index (χ1v) is 6.26. The van der Waals surface area contributed by atoms with E-state index in [4.69, 9.17) is 15.7 Å². The van der Waals surface area contributed by atoms with Crippen LogP contribution < -0.4 is 15.4 Å². The van der Waals surface area contributed by atoms with E-state index in [-0.39, 0.29) is 6.04 Å². The number of nitriles is 1. The molecule has 0 saturated heterocycles. The van der Waals surface area contributed by atoms with Crippen molar-refractivity contribution >= 4 is 11.4 Å². The van der Waals surface area contributed by atoms with Crippen LogP contribution in [0.5, 0.6) is 5.75 Å². The van der Waals surface area contributed by atoms with Gasteiger partial charge in [0.05, 0.1) is 30.5 Å². The molecule has 1 aromatic carbocycles.